The van der Waals surface area contributed by atoms with Gasteiger partial charge in [-0.2, -0.15) is 0 Å². The molecule has 0 aromatic heterocycles. The molecule has 0 N–H and O–H groups in total. The summed E-state index contributed by atoms with van der Waals surface area (Å²) >= 11 is 0. The van der Waals surface area contributed by atoms with Crippen LogP contribution >= 0.6 is 0 Å². The molecule has 1 aromatic rings. The van der Waals surface area contributed by atoms with E-state index in [1.54, 1.807) is 14.0 Å². The minimum atomic E-state index is -0.179. The van der Waals surface area contributed by atoms with Crippen LogP contribution in [-0.4, -0.2) is 12.9 Å². The Morgan fingerprint density at radius 2 is 1.75 bits per heavy atom. The predicted molar refractivity (Wildman–Crippen MR) is 64.1 cm³/mol. The molecule has 1 aliphatic rings. The van der Waals surface area contributed by atoms with E-state index in [-0.39, 0.29) is 11.2 Å². The van der Waals surface area contributed by atoms with Crippen LogP contribution in [0.5, 0.6) is 5.75 Å². The first-order chi connectivity index (χ1) is 7.51. The molecule has 1 aromatic carbocycles. The van der Waals surface area contributed by atoms with Gasteiger partial charge in [0.1, 0.15) is 11.5 Å². The fourth-order valence-corrected chi connectivity index (χ4v) is 2.52. The second-order valence-corrected chi connectivity index (χ2v) is 4.78. The van der Waals surface area contributed by atoms with E-state index in [4.69, 9.17) is 4.74 Å². The zero-order valence-electron chi connectivity index (χ0n) is 10.4. The van der Waals surface area contributed by atoms with E-state index in [9.17, 15) is 4.79 Å². The molecule has 0 amide bonds. The lowest BCUT2D eigenvalue weighted by atomic mass is 9.89. The molecule has 0 unspecified atom stereocenters. The second kappa shape index (κ2) is 3.62. The Morgan fingerprint density at radius 3 is 2.06 bits per heavy atom. The lowest BCUT2D eigenvalue weighted by Crippen LogP contribution is -2.17. The Hall–Kier alpha value is -1.31. The summed E-state index contributed by atoms with van der Waals surface area (Å²) in [5.41, 5.74) is 3.22. The van der Waals surface area contributed by atoms with Crippen molar-refractivity contribution in [2.45, 2.75) is 39.0 Å². The number of rotatable bonds is 3. The molecule has 2 nitrogen and oxygen atoms in total. The van der Waals surface area contributed by atoms with Gasteiger partial charge in [0, 0.05) is 0 Å². The van der Waals surface area contributed by atoms with Crippen molar-refractivity contribution in [2.24, 2.45) is 0 Å². The number of ether oxygens (including phenoxy) is 1. The normalized spacial score (nSPS) is 17.0. The zero-order chi connectivity index (χ0) is 11.9. The fourth-order valence-electron chi connectivity index (χ4n) is 2.52. The van der Waals surface area contributed by atoms with Crippen LogP contribution in [0.15, 0.2) is 12.1 Å². The maximum absolute atomic E-state index is 11.7. The van der Waals surface area contributed by atoms with Crippen molar-refractivity contribution in [1.82, 2.24) is 0 Å². The van der Waals surface area contributed by atoms with Gasteiger partial charge in [-0.15, -0.1) is 0 Å². The maximum Gasteiger partial charge on any atom is 0.140 e. The van der Waals surface area contributed by atoms with Gasteiger partial charge in [-0.3, -0.25) is 4.79 Å². The van der Waals surface area contributed by atoms with Crippen LogP contribution in [0.3, 0.4) is 0 Å². The summed E-state index contributed by atoms with van der Waals surface area (Å²) in [6.45, 7) is 5.76. The van der Waals surface area contributed by atoms with E-state index in [0.717, 1.165) is 35.3 Å². The third kappa shape index (κ3) is 1.53. The predicted octanol–water partition coefficient (Wildman–Crippen LogP) is 2.93. The van der Waals surface area contributed by atoms with Gasteiger partial charge in [-0.05, 0) is 50.3 Å². The molecule has 0 heterocycles. The molecule has 1 fully saturated rings. The number of Topliss-reactive ketones (excluding diaryl/α,β-unsaturated/α-hetero) is 1. The summed E-state index contributed by atoms with van der Waals surface area (Å²) in [7, 11) is 1.69. The molecule has 0 atom stereocenters. The van der Waals surface area contributed by atoms with Crippen molar-refractivity contribution in [3.8, 4) is 5.75 Å². The Labute approximate surface area is 96.6 Å². The van der Waals surface area contributed by atoms with Gasteiger partial charge < -0.3 is 4.74 Å². The van der Waals surface area contributed by atoms with Crippen LogP contribution in [-0.2, 0) is 10.2 Å². The van der Waals surface area contributed by atoms with Crippen LogP contribution in [0.4, 0.5) is 0 Å². The van der Waals surface area contributed by atoms with Gasteiger partial charge in [0.25, 0.3) is 0 Å². The molecule has 0 bridgehead atoms. The van der Waals surface area contributed by atoms with Crippen molar-refractivity contribution in [3.63, 3.8) is 0 Å². The quantitative estimate of drug-likeness (QED) is 0.779. The number of hydrogen-bond acceptors (Lipinski definition) is 2. The molecule has 2 heteroatoms. The maximum atomic E-state index is 11.7. The first kappa shape index (κ1) is 11.2. The smallest absolute Gasteiger partial charge is 0.140 e. The molecule has 1 saturated carbocycles. The van der Waals surface area contributed by atoms with Gasteiger partial charge >= 0.3 is 0 Å². The molecule has 86 valence electrons. The summed E-state index contributed by atoms with van der Waals surface area (Å²) in [4.78, 5) is 11.7. The fraction of sp³-hybridized carbons (Fsp3) is 0.500. The first-order valence-electron chi connectivity index (χ1n) is 5.68. The number of carbonyl (C=O) groups is 1. The number of hydrogen-bond donors (Lipinski definition) is 0. The van der Waals surface area contributed by atoms with Gasteiger partial charge in [0.05, 0.1) is 12.5 Å². The van der Waals surface area contributed by atoms with Crippen LogP contribution in [0, 0.1) is 13.8 Å². The first-order valence-corrected chi connectivity index (χ1v) is 5.68. The number of methoxy groups -OCH3 is 1. The van der Waals surface area contributed by atoms with E-state index in [2.05, 4.69) is 12.1 Å². The average Bonchev–Trinajstić information content (AvgIpc) is 2.97. The molecule has 0 aliphatic heterocycles. The minimum Gasteiger partial charge on any atom is -0.496 e. The minimum absolute atomic E-state index is 0.179. The van der Waals surface area contributed by atoms with Gasteiger partial charge in [0.2, 0.25) is 0 Å². The number of benzene rings is 1. The van der Waals surface area contributed by atoms with Crippen molar-refractivity contribution in [3.05, 3.63) is 28.8 Å². The Balaban J connectivity index is 2.49. The molecular weight excluding hydrogens is 200 g/mol. The van der Waals surface area contributed by atoms with E-state index >= 15 is 0 Å². The molecule has 16 heavy (non-hydrogen) atoms. The number of ketones is 1. The highest BCUT2D eigenvalue weighted by Gasteiger charge is 2.48. The highest BCUT2D eigenvalue weighted by molar-refractivity contribution is 5.91. The summed E-state index contributed by atoms with van der Waals surface area (Å²) in [6.07, 6.45) is 1.99. The standard InChI is InChI=1S/C14H18O2/c1-9-7-12(8-10(2)13(9)16-4)14(5-6-14)11(3)15/h7-8H,5-6H2,1-4H3. The zero-order valence-corrected chi connectivity index (χ0v) is 10.4. The van der Waals surface area contributed by atoms with Crippen molar-refractivity contribution in [1.29, 1.82) is 0 Å². The summed E-state index contributed by atoms with van der Waals surface area (Å²) in [6, 6.07) is 4.19. The van der Waals surface area contributed by atoms with Gasteiger partial charge in [-0.25, -0.2) is 0 Å². The average molecular weight is 218 g/mol. The molecule has 0 saturated heterocycles. The number of aryl methyl sites for hydroxylation is 2. The van der Waals surface area contributed by atoms with E-state index in [0.29, 0.717) is 0 Å². The van der Waals surface area contributed by atoms with E-state index < -0.39 is 0 Å². The largest absolute Gasteiger partial charge is 0.496 e. The van der Waals surface area contributed by atoms with Crippen LogP contribution < -0.4 is 4.74 Å². The van der Waals surface area contributed by atoms with Crippen LogP contribution in [0.1, 0.15) is 36.5 Å². The summed E-state index contributed by atoms with van der Waals surface area (Å²) < 4.78 is 5.34. The van der Waals surface area contributed by atoms with Crippen molar-refractivity contribution >= 4 is 5.78 Å². The lowest BCUT2D eigenvalue weighted by molar-refractivity contribution is -0.119. The summed E-state index contributed by atoms with van der Waals surface area (Å²) in [5, 5.41) is 0. The topological polar surface area (TPSA) is 26.3 Å². The molecule has 1 aliphatic carbocycles. The summed E-state index contributed by atoms with van der Waals surface area (Å²) in [5.74, 6) is 1.22. The Morgan fingerprint density at radius 1 is 1.25 bits per heavy atom. The van der Waals surface area contributed by atoms with Crippen molar-refractivity contribution < 1.29 is 9.53 Å². The second-order valence-electron chi connectivity index (χ2n) is 4.78. The van der Waals surface area contributed by atoms with E-state index in [1.807, 2.05) is 13.8 Å². The molecular formula is C14H18O2. The molecule has 2 rings (SSSR count). The lowest BCUT2D eigenvalue weighted by Gasteiger charge is -2.16. The van der Waals surface area contributed by atoms with Crippen LogP contribution in [0.2, 0.25) is 0 Å². The SMILES string of the molecule is COc1c(C)cc(C2(C(C)=O)CC2)cc1C. The number of carbonyl (C=O) groups excluding carboxylic acids is 1. The Bertz CT molecular complexity index is 419. The Kier molecular flexibility index (Phi) is 2.53. The highest BCUT2D eigenvalue weighted by atomic mass is 16.5. The van der Waals surface area contributed by atoms with Gasteiger partial charge in [0.15, 0.2) is 0 Å². The van der Waals surface area contributed by atoms with Gasteiger partial charge in [-0.1, -0.05) is 12.1 Å². The molecule has 0 spiro atoms. The monoisotopic (exact) mass is 218 g/mol. The van der Waals surface area contributed by atoms with Crippen molar-refractivity contribution in [2.75, 3.05) is 7.11 Å². The van der Waals surface area contributed by atoms with E-state index in [1.165, 1.54) is 0 Å². The van der Waals surface area contributed by atoms with Crippen LogP contribution in [0.25, 0.3) is 0 Å². The molecule has 0 radical (unpaired) electrons. The third-order valence-electron chi connectivity index (χ3n) is 3.64. The highest BCUT2D eigenvalue weighted by Crippen LogP contribution is 2.50. The third-order valence-corrected chi connectivity index (χ3v) is 3.64.